The number of rotatable bonds is 6. The Balaban J connectivity index is 1.79. The van der Waals surface area contributed by atoms with Crippen molar-refractivity contribution >= 4 is 23.6 Å². The number of carbonyl (C=O) groups is 1. The monoisotopic (exact) mass is 315 g/mol. The molecule has 0 bridgehead atoms. The fourth-order valence-corrected chi connectivity index (χ4v) is 2.16. The molecular weight excluding hydrogens is 298 g/mol. The average Bonchev–Trinajstić information content (AvgIpc) is 2.55. The lowest BCUT2D eigenvalue weighted by atomic mass is 10.1. The summed E-state index contributed by atoms with van der Waals surface area (Å²) in [7, 11) is 1.64. The van der Waals surface area contributed by atoms with E-state index >= 15 is 0 Å². The van der Waals surface area contributed by atoms with Gasteiger partial charge in [-0.15, -0.1) is 0 Å². The van der Waals surface area contributed by atoms with Crippen molar-refractivity contribution < 1.29 is 9.53 Å². The van der Waals surface area contributed by atoms with Crippen LogP contribution in [-0.2, 0) is 11.2 Å². The quantitative estimate of drug-likeness (QED) is 0.825. The summed E-state index contributed by atoms with van der Waals surface area (Å²) >= 11 is 6.02. The first kappa shape index (κ1) is 16.1. The van der Waals surface area contributed by atoms with Crippen LogP contribution in [0, 0.1) is 0 Å². The molecule has 4 heteroatoms. The lowest BCUT2D eigenvalue weighted by molar-refractivity contribution is -0.116. The van der Waals surface area contributed by atoms with E-state index in [9.17, 15) is 4.79 Å². The minimum absolute atomic E-state index is 0.131. The molecule has 2 aromatic rings. The molecule has 0 unspecified atom stereocenters. The SMILES string of the molecule is COc1ccc(CCNC(=O)/C=C/c2ccccc2Cl)cc1. The van der Waals surface area contributed by atoms with Crippen molar-refractivity contribution in [2.75, 3.05) is 13.7 Å². The van der Waals surface area contributed by atoms with Gasteiger partial charge in [0.1, 0.15) is 5.75 Å². The molecule has 22 heavy (non-hydrogen) atoms. The normalized spacial score (nSPS) is 10.6. The van der Waals surface area contributed by atoms with Gasteiger partial charge >= 0.3 is 0 Å². The van der Waals surface area contributed by atoms with Crippen LogP contribution in [0.5, 0.6) is 5.75 Å². The van der Waals surface area contributed by atoms with E-state index in [0.29, 0.717) is 11.6 Å². The third kappa shape index (κ3) is 4.93. The van der Waals surface area contributed by atoms with Crippen LogP contribution in [0.25, 0.3) is 6.08 Å². The molecule has 2 rings (SSSR count). The number of nitrogens with one attached hydrogen (secondary N) is 1. The minimum Gasteiger partial charge on any atom is -0.497 e. The summed E-state index contributed by atoms with van der Waals surface area (Å²) in [5, 5.41) is 3.48. The standard InChI is InChI=1S/C18H18ClNO2/c1-22-16-9-6-14(7-10-16)12-13-20-18(21)11-8-15-4-2-3-5-17(15)19/h2-11H,12-13H2,1H3,(H,20,21)/b11-8+. The second kappa shape index (κ2) is 8.25. The molecule has 0 aliphatic carbocycles. The Morgan fingerprint density at radius 2 is 1.91 bits per heavy atom. The molecule has 0 spiro atoms. The van der Waals surface area contributed by atoms with Crippen LogP contribution in [-0.4, -0.2) is 19.6 Å². The van der Waals surface area contributed by atoms with E-state index in [2.05, 4.69) is 5.32 Å². The van der Waals surface area contributed by atoms with Gasteiger partial charge < -0.3 is 10.1 Å². The Hall–Kier alpha value is -2.26. The summed E-state index contributed by atoms with van der Waals surface area (Å²) in [6.45, 7) is 0.581. The Morgan fingerprint density at radius 1 is 1.18 bits per heavy atom. The van der Waals surface area contributed by atoms with E-state index in [0.717, 1.165) is 23.3 Å². The van der Waals surface area contributed by atoms with Gasteiger partial charge in [0, 0.05) is 17.6 Å². The van der Waals surface area contributed by atoms with Gasteiger partial charge in [-0.2, -0.15) is 0 Å². The highest BCUT2D eigenvalue weighted by atomic mass is 35.5. The van der Waals surface area contributed by atoms with Crippen LogP contribution in [0.3, 0.4) is 0 Å². The van der Waals surface area contributed by atoms with E-state index in [1.54, 1.807) is 19.3 Å². The predicted molar refractivity (Wildman–Crippen MR) is 90.2 cm³/mol. The molecule has 0 aliphatic heterocycles. The first-order valence-corrected chi connectivity index (χ1v) is 7.40. The zero-order valence-electron chi connectivity index (χ0n) is 12.4. The Labute approximate surface area is 135 Å². The molecule has 0 saturated carbocycles. The molecule has 1 N–H and O–H groups in total. The van der Waals surface area contributed by atoms with Crippen molar-refractivity contribution in [2.24, 2.45) is 0 Å². The molecule has 3 nitrogen and oxygen atoms in total. The van der Waals surface area contributed by atoms with Crippen molar-refractivity contribution in [3.05, 3.63) is 70.8 Å². The molecule has 0 heterocycles. The highest BCUT2D eigenvalue weighted by molar-refractivity contribution is 6.32. The van der Waals surface area contributed by atoms with Crippen LogP contribution in [0.1, 0.15) is 11.1 Å². The lowest BCUT2D eigenvalue weighted by Gasteiger charge is -2.04. The first-order valence-electron chi connectivity index (χ1n) is 7.02. The number of benzene rings is 2. The lowest BCUT2D eigenvalue weighted by Crippen LogP contribution is -2.23. The van der Waals surface area contributed by atoms with Gasteiger partial charge in [0.05, 0.1) is 7.11 Å². The Morgan fingerprint density at radius 3 is 2.59 bits per heavy atom. The van der Waals surface area contributed by atoms with E-state index in [-0.39, 0.29) is 5.91 Å². The first-order chi connectivity index (χ1) is 10.7. The summed E-state index contributed by atoms with van der Waals surface area (Å²) in [5.74, 6) is 0.698. The number of hydrogen-bond acceptors (Lipinski definition) is 2. The van der Waals surface area contributed by atoms with Crippen LogP contribution in [0.2, 0.25) is 5.02 Å². The van der Waals surface area contributed by atoms with Crippen molar-refractivity contribution in [3.63, 3.8) is 0 Å². The van der Waals surface area contributed by atoms with E-state index in [1.165, 1.54) is 6.08 Å². The van der Waals surface area contributed by atoms with Gasteiger partial charge in [0.25, 0.3) is 0 Å². The molecule has 0 atom stereocenters. The highest BCUT2D eigenvalue weighted by Gasteiger charge is 1.99. The van der Waals surface area contributed by atoms with E-state index in [1.807, 2.05) is 42.5 Å². The van der Waals surface area contributed by atoms with Crippen LogP contribution >= 0.6 is 11.6 Å². The van der Waals surface area contributed by atoms with Crippen molar-refractivity contribution in [1.82, 2.24) is 5.32 Å². The van der Waals surface area contributed by atoms with Gasteiger partial charge in [0.15, 0.2) is 0 Å². The molecule has 2 aromatic carbocycles. The van der Waals surface area contributed by atoms with Crippen molar-refractivity contribution in [3.8, 4) is 5.75 Å². The molecule has 0 fully saturated rings. The van der Waals surface area contributed by atoms with Crippen molar-refractivity contribution in [1.29, 1.82) is 0 Å². The molecular formula is C18H18ClNO2. The molecule has 0 saturated heterocycles. The van der Waals surface area contributed by atoms with Gasteiger partial charge in [-0.1, -0.05) is 41.9 Å². The number of methoxy groups -OCH3 is 1. The zero-order valence-corrected chi connectivity index (χ0v) is 13.1. The number of hydrogen-bond donors (Lipinski definition) is 1. The predicted octanol–water partition coefficient (Wildman–Crippen LogP) is 3.72. The van der Waals surface area contributed by atoms with Crippen molar-refractivity contribution in [2.45, 2.75) is 6.42 Å². The summed E-state index contributed by atoms with van der Waals surface area (Å²) in [4.78, 5) is 11.8. The van der Waals surface area contributed by atoms with Gasteiger partial charge in [-0.3, -0.25) is 4.79 Å². The summed E-state index contributed by atoms with van der Waals surface area (Å²) in [5.41, 5.74) is 1.98. The maximum absolute atomic E-state index is 11.8. The largest absolute Gasteiger partial charge is 0.497 e. The zero-order chi connectivity index (χ0) is 15.8. The average molecular weight is 316 g/mol. The van der Waals surface area contributed by atoms with Gasteiger partial charge in [-0.25, -0.2) is 0 Å². The topological polar surface area (TPSA) is 38.3 Å². The number of amides is 1. The smallest absolute Gasteiger partial charge is 0.244 e. The van der Waals surface area contributed by atoms with E-state index < -0.39 is 0 Å². The third-order valence-corrected chi connectivity index (χ3v) is 3.54. The summed E-state index contributed by atoms with van der Waals surface area (Å²) in [6.07, 6.45) is 3.98. The minimum atomic E-state index is -0.131. The fraction of sp³-hybridized carbons (Fsp3) is 0.167. The van der Waals surface area contributed by atoms with Gasteiger partial charge in [0.2, 0.25) is 5.91 Å². The van der Waals surface area contributed by atoms with Crippen LogP contribution in [0.4, 0.5) is 0 Å². The van der Waals surface area contributed by atoms with Gasteiger partial charge in [-0.05, 0) is 41.8 Å². The summed E-state index contributed by atoms with van der Waals surface area (Å²) < 4.78 is 5.11. The molecule has 0 aromatic heterocycles. The molecule has 114 valence electrons. The number of halogens is 1. The summed E-state index contributed by atoms with van der Waals surface area (Å²) in [6, 6.07) is 15.2. The van der Waals surface area contributed by atoms with E-state index in [4.69, 9.17) is 16.3 Å². The molecule has 0 radical (unpaired) electrons. The number of carbonyl (C=O) groups excluding carboxylic acids is 1. The third-order valence-electron chi connectivity index (χ3n) is 3.19. The maximum Gasteiger partial charge on any atom is 0.244 e. The Bertz CT molecular complexity index is 650. The second-order valence-electron chi connectivity index (χ2n) is 4.74. The second-order valence-corrected chi connectivity index (χ2v) is 5.15. The van der Waals surface area contributed by atoms with Crippen LogP contribution in [0.15, 0.2) is 54.6 Å². The van der Waals surface area contributed by atoms with Crippen LogP contribution < -0.4 is 10.1 Å². The highest BCUT2D eigenvalue weighted by Crippen LogP contribution is 2.16. The number of ether oxygens (including phenoxy) is 1. The maximum atomic E-state index is 11.8. The fourth-order valence-electron chi connectivity index (χ4n) is 1.96. The molecule has 0 aliphatic rings. The molecule has 1 amide bonds. The Kier molecular flexibility index (Phi) is 6.04.